The predicted octanol–water partition coefficient (Wildman–Crippen LogP) is 4.82. The molecular formula is C32H40Cl2N6O5S. The summed E-state index contributed by atoms with van der Waals surface area (Å²) in [5, 5.41) is 6.29. The van der Waals surface area contributed by atoms with E-state index in [4.69, 9.17) is 42.8 Å². The van der Waals surface area contributed by atoms with E-state index in [1.807, 2.05) is 43.3 Å². The van der Waals surface area contributed by atoms with Gasteiger partial charge >= 0.3 is 5.97 Å². The van der Waals surface area contributed by atoms with Crippen molar-refractivity contribution in [2.24, 2.45) is 11.1 Å². The van der Waals surface area contributed by atoms with Crippen molar-refractivity contribution in [3.63, 3.8) is 0 Å². The van der Waals surface area contributed by atoms with E-state index in [1.165, 1.54) is 0 Å². The van der Waals surface area contributed by atoms with Crippen molar-refractivity contribution in [2.45, 2.75) is 32.7 Å². The number of nitrogens with zero attached hydrogens (tertiary/aromatic N) is 5. The minimum Gasteiger partial charge on any atom is -0.466 e. The van der Waals surface area contributed by atoms with Crippen LogP contribution in [0.15, 0.2) is 48.7 Å². The predicted molar refractivity (Wildman–Crippen MR) is 180 cm³/mol. The van der Waals surface area contributed by atoms with Gasteiger partial charge in [-0.1, -0.05) is 23.2 Å². The molecule has 14 heteroatoms. The zero-order valence-electron chi connectivity index (χ0n) is 25.9. The van der Waals surface area contributed by atoms with Crippen molar-refractivity contribution in [3.05, 3.63) is 64.3 Å². The maximum atomic E-state index is 11.7. The standard InChI is InChI=1S/C32H40Cl2N6O5S/c1-2-44-32(41)7-10-38-11-13-40(14-12-38)30-4-3-28(20-36-30)45-31-16-24(15-29(37-31)25-17-26(33)19-27(34)18-25)21-39-8-5-23(6-9-39)22-46(35,42)43/h3-4,15-20,23H,2,5-14,21-22H2,1H3,(H2,35,42,43). The minimum absolute atomic E-state index is 0.0217. The molecule has 0 bridgehead atoms. The van der Waals surface area contributed by atoms with E-state index >= 15 is 0 Å². The Bertz CT molecular complexity index is 1570. The lowest BCUT2D eigenvalue weighted by atomic mass is 9.98. The molecule has 248 valence electrons. The molecule has 0 radical (unpaired) electrons. The Morgan fingerprint density at radius 2 is 1.70 bits per heavy atom. The summed E-state index contributed by atoms with van der Waals surface area (Å²) in [6.07, 6.45) is 3.63. The fraction of sp³-hybridized carbons (Fsp3) is 0.469. The topological polar surface area (TPSA) is 131 Å². The third-order valence-electron chi connectivity index (χ3n) is 8.18. The van der Waals surface area contributed by atoms with Crippen molar-refractivity contribution >= 4 is 45.0 Å². The Balaban J connectivity index is 1.25. The van der Waals surface area contributed by atoms with Crippen LogP contribution >= 0.6 is 23.2 Å². The van der Waals surface area contributed by atoms with E-state index in [-0.39, 0.29) is 17.6 Å². The molecule has 0 amide bonds. The first kappa shape index (κ1) is 34.3. The number of carbonyl (C=O) groups excluding carboxylic acids is 1. The van der Waals surface area contributed by atoms with Crippen LogP contribution in [0.5, 0.6) is 11.6 Å². The van der Waals surface area contributed by atoms with Crippen LogP contribution in [0.4, 0.5) is 5.82 Å². The van der Waals surface area contributed by atoms with Gasteiger partial charge in [0.25, 0.3) is 0 Å². The Labute approximate surface area is 280 Å². The molecule has 2 saturated heterocycles. The van der Waals surface area contributed by atoms with Crippen LogP contribution in [-0.2, 0) is 26.1 Å². The molecule has 3 aromatic rings. The lowest BCUT2D eigenvalue weighted by Gasteiger charge is -2.35. The number of hydrogen-bond donors (Lipinski definition) is 1. The van der Waals surface area contributed by atoms with Crippen LogP contribution in [0, 0.1) is 5.92 Å². The first-order valence-corrected chi connectivity index (χ1v) is 18.0. The Hall–Kier alpha value is -3.00. The molecule has 2 aliphatic heterocycles. The Morgan fingerprint density at radius 3 is 2.33 bits per heavy atom. The number of piperazine rings is 1. The largest absolute Gasteiger partial charge is 0.466 e. The second-order valence-corrected chi connectivity index (χ2v) is 14.3. The monoisotopic (exact) mass is 690 g/mol. The van der Waals surface area contributed by atoms with Gasteiger partial charge in [-0.25, -0.2) is 23.5 Å². The number of anilines is 1. The molecule has 0 spiro atoms. The molecule has 2 N–H and O–H groups in total. The molecule has 1 aromatic carbocycles. The normalized spacial score (nSPS) is 16.8. The number of primary sulfonamides is 1. The summed E-state index contributed by atoms with van der Waals surface area (Å²) in [7, 11) is -3.49. The highest BCUT2D eigenvalue weighted by Gasteiger charge is 2.24. The molecule has 0 unspecified atom stereocenters. The van der Waals surface area contributed by atoms with Gasteiger partial charge in [-0.2, -0.15) is 0 Å². The number of sulfonamides is 1. The summed E-state index contributed by atoms with van der Waals surface area (Å²) < 4.78 is 34.4. The lowest BCUT2D eigenvalue weighted by Crippen LogP contribution is -2.47. The van der Waals surface area contributed by atoms with Gasteiger partial charge in [0.05, 0.1) is 30.7 Å². The second-order valence-electron chi connectivity index (χ2n) is 11.7. The van der Waals surface area contributed by atoms with Crippen molar-refractivity contribution in [1.82, 2.24) is 19.8 Å². The molecule has 4 heterocycles. The summed E-state index contributed by atoms with van der Waals surface area (Å²) in [5.41, 5.74) is 2.43. The molecule has 46 heavy (non-hydrogen) atoms. The van der Waals surface area contributed by atoms with E-state index in [1.54, 1.807) is 12.3 Å². The molecule has 0 aliphatic carbocycles. The second kappa shape index (κ2) is 15.7. The molecule has 2 aromatic heterocycles. The number of carbonyl (C=O) groups is 1. The number of ether oxygens (including phenoxy) is 2. The molecule has 11 nitrogen and oxygen atoms in total. The zero-order chi connectivity index (χ0) is 32.7. The minimum atomic E-state index is -3.49. The molecular weight excluding hydrogens is 651 g/mol. The van der Waals surface area contributed by atoms with Gasteiger partial charge in [-0.05, 0) is 80.7 Å². The maximum absolute atomic E-state index is 11.7. The molecule has 0 saturated carbocycles. The van der Waals surface area contributed by atoms with Gasteiger partial charge < -0.3 is 14.4 Å². The van der Waals surface area contributed by atoms with Crippen LogP contribution in [-0.4, -0.2) is 92.3 Å². The number of piperidine rings is 1. The lowest BCUT2D eigenvalue weighted by molar-refractivity contribution is -0.143. The summed E-state index contributed by atoms with van der Waals surface area (Å²) in [4.78, 5) is 27.9. The number of esters is 1. The van der Waals surface area contributed by atoms with Gasteiger partial charge in [0, 0.05) is 60.9 Å². The number of nitrogens with two attached hydrogens (primary N) is 1. The summed E-state index contributed by atoms with van der Waals surface area (Å²) in [6.45, 7) is 8.40. The summed E-state index contributed by atoms with van der Waals surface area (Å²) in [5.74, 6) is 1.76. The van der Waals surface area contributed by atoms with Crippen LogP contribution < -0.4 is 14.8 Å². The fourth-order valence-electron chi connectivity index (χ4n) is 5.87. The van der Waals surface area contributed by atoms with Crippen molar-refractivity contribution in [2.75, 3.05) is 63.1 Å². The molecule has 5 rings (SSSR count). The van der Waals surface area contributed by atoms with Crippen molar-refractivity contribution < 1.29 is 22.7 Å². The number of hydrogen-bond acceptors (Lipinski definition) is 10. The number of rotatable bonds is 12. The average molecular weight is 692 g/mol. The Morgan fingerprint density at radius 1 is 0.978 bits per heavy atom. The van der Waals surface area contributed by atoms with Gasteiger partial charge in [0.1, 0.15) is 11.6 Å². The SMILES string of the molecule is CCOC(=O)CCN1CCN(c2ccc(Oc3cc(CN4CCC(CS(N)(=O)=O)CC4)cc(-c4cc(Cl)cc(Cl)c4)n3)cn2)CC1. The molecule has 2 fully saturated rings. The van der Waals surface area contributed by atoms with Gasteiger partial charge in [-0.15, -0.1) is 0 Å². The van der Waals surface area contributed by atoms with Crippen molar-refractivity contribution in [3.8, 4) is 22.9 Å². The molecule has 2 aliphatic rings. The summed E-state index contributed by atoms with van der Waals surface area (Å²) in [6, 6.07) is 13.0. The smallest absolute Gasteiger partial charge is 0.307 e. The van der Waals surface area contributed by atoms with E-state index in [2.05, 4.69) is 19.7 Å². The van der Waals surface area contributed by atoms with E-state index in [9.17, 15) is 13.2 Å². The van der Waals surface area contributed by atoms with E-state index < -0.39 is 10.0 Å². The van der Waals surface area contributed by atoms with Gasteiger partial charge in [0.15, 0.2) is 0 Å². The molecule has 0 atom stereocenters. The number of aromatic nitrogens is 2. The number of pyridine rings is 2. The number of halogens is 2. The van der Waals surface area contributed by atoms with Crippen molar-refractivity contribution in [1.29, 1.82) is 0 Å². The fourth-order valence-corrected chi connectivity index (χ4v) is 7.39. The van der Waals surface area contributed by atoms with E-state index in [0.717, 1.165) is 69.1 Å². The van der Waals surface area contributed by atoms with E-state index in [0.29, 0.717) is 53.5 Å². The Kier molecular flexibility index (Phi) is 11.7. The van der Waals surface area contributed by atoms with Crippen LogP contribution in [0.25, 0.3) is 11.3 Å². The first-order chi connectivity index (χ1) is 22.0. The first-order valence-electron chi connectivity index (χ1n) is 15.5. The van der Waals surface area contributed by atoms with Crippen LogP contribution in [0.1, 0.15) is 31.7 Å². The third kappa shape index (κ3) is 10.2. The van der Waals surface area contributed by atoms with Crippen LogP contribution in [0.3, 0.4) is 0 Å². The highest BCUT2D eigenvalue weighted by molar-refractivity contribution is 7.89. The van der Waals surface area contributed by atoms with Gasteiger partial charge in [-0.3, -0.25) is 14.6 Å². The quantitative estimate of drug-likeness (QED) is 0.264. The number of benzene rings is 1. The highest BCUT2D eigenvalue weighted by atomic mass is 35.5. The summed E-state index contributed by atoms with van der Waals surface area (Å²) >= 11 is 12.6. The average Bonchev–Trinajstić information content (AvgIpc) is 3.01. The third-order valence-corrected chi connectivity index (χ3v) is 9.55. The van der Waals surface area contributed by atoms with Crippen LogP contribution in [0.2, 0.25) is 10.0 Å². The zero-order valence-corrected chi connectivity index (χ0v) is 28.2. The van der Waals surface area contributed by atoms with Gasteiger partial charge in [0.2, 0.25) is 15.9 Å². The highest BCUT2D eigenvalue weighted by Crippen LogP contribution is 2.31. The maximum Gasteiger partial charge on any atom is 0.307 e. The number of likely N-dealkylation sites (tertiary alicyclic amines) is 1.